The number of anilines is 1. The molecule has 2 aromatic carbocycles. The predicted molar refractivity (Wildman–Crippen MR) is 70.5 cm³/mol. The van der Waals surface area contributed by atoms with Gasteiger partial charge < -0.3 is 5.32 Å². The first-order valence-corrected chi connectivity index (χ1v) is 5.64. The topological polar surface area (TPSA) is 29.1 Å². The Labute approximate surface area is 109 Å². The van der Waals surface area contributed by atoms with E-state index in [9.17, 15) is 13.6 Å². The van der Waals surface area contributed by atoms with Crippen LogP contribution in [0.25, 0.3) is 6.08 Å². The summed E-state index contributed by atoms with van der Waals surface area (Å²) in [6.07, 6.45) is 2.79. The minimum atomic E-state index is -0.494. The molecule has 1 N–H and O–H groups in total. The zero-order valence-corrected chi connectivity index (χ0v) is 9.94. The van der Waals surface area contributed by atoms with Crippen LogP contribution in [0.15, 0.2) is 54.6 Å². The number of carbonyl (C=O) groups excluding carboxylic acids is 1. The Hall–Kier alpha value is -2.49. The molecule has 0 spiro atoms. The summed E-state index contributed by atoms with van der Waals surface area (Å²) in [4.78, 5) is 11.6. The fourth-order valence-electron chi connectivity index (χ4n) is 1.48. The lowest BCUT2D eigenvalue weighted by Crippen LogP contribution is -2.08. The second-order valence-electron chi connectivity index (χ2n) is 3.85. The van der Waals surface area contributed by atoms with Crippen molar-refractivity contribution in [3.05, 3.63) is 71.8 Å². The smallest absolute Gasteiger partial charge is 0.248 e. The van der Waals surface area contributed by atoms with E-state index in [1.165, 1.54) is 36.4 Å². The van der Waals surface area contributed by atoms with Crippen molar-refractivity contribution in [3.8, 4) is 0 Å². The first-order valence-electron chi connectivity index (χ1n) is 5.64. The molecule has 0 unspecified atom stereocenters. The van der Waals surface area contributed by atoms with Gasteiger partial charge in [0.25, 0.3) is 0 Å². The Kier molecular flexibility index (Phi) is 4.03. The zero-order valence-electron chi connectivity index (χ0n) is 9.94. The monoisotopic (exact) mass is 259 g/mol. The van der Waals surface area contributed by atoms with Crippen LogP contribution in [0.1, 0.15) is 5.56 Å². The van der Waals surface area contributed by atoms with Crippen LogP contribution in [-0.2, 0) is 4.79 Å². The Morgan fingerprint density at radius 3 is 2.37 bits per heavy atom. The standard InChI is InChI=1S/C15H11F2NO/c16-12-8-5-11(6-9-12)7-10-15(19)18-14-4-2-1-3-13(14)17/h1-10H,(H,18,19). The van der Waals surface area contributed by atoms with Gasteiger partial charge in [-0.25, -0.2) is 8.78 Å². The summed E-state index contributed by atoms with van der Waals surface area (Å²) in [6.45, 7) is 0. The predicted octanol–water partition coefficient (Wildman–Crippen LogP) is 3.62. The van der Waals surface area contributed by atoms with Gasteiger partial charge in [-0.05, 0) is 35.9 Å². The normalized spacial score (nSPS) is 10.6. The average Bonchev–Trinajstić information content (AvgIpc) is 2.41. The lowest BCUT2D eigenvalue weighted by Gasteiger charge is -2.02. The number of carbonyl (C=O) groups is 1. The molecule has 0 radical (unpaired) electrons. The van der Waals surface area contributed by atoms with E-state index >= 15 is 0 Å². The van der Waals surface area contributed by atoms with E-state index < -0.39 is 11.7 Å². The number of rotatable bonds is 3. The highest BCUT2D eigenvalue weighted by Crippen LogP contribution is 2.12. The molecule has 0 heterocycles. The first kappa shape index (κ1) is 13.0. The fraction of sp³-hybridized carbons (Fsp3) is 0. The quantitative estimate of drug-likeness (QED) is 0.838. The molecule has 0 atom stereocenters. The second-order valence-corrected chi connectivity index (χ2v) is 3.85. The maximum absolute atomic E-state index is 13.3. The molecule has 0 fully saturated rings. The van der Waals surface area contributed by atoms with Gasteiger partial charge >= 0.3 is 0 Å². The summed E-state index contributed by atoms with van der Waals surface area (Å²) in [5, 5.41) is 2.42. The molecular formula is C15H11F2NO. The van der Waals surface area contributed by atoms with Crippen molar-refractivity contribution in [1.82, 2.24) is 0 Å². The number of para-hydroxylation sites is 1. The van der Waals surface area contributed by atoms with Gasteiger partial charge in [0.05, 0.1) is 5.69 Å². The van der Waals surface area contributed by atoms with Crippen molar-refractivity contribution in [2.75, 3.05) is 5.32 Å². The van der Waals surface area contributed by atoms with E-state index in [0.717, 1.165) is 0 Å². The number of hydrogen-bond donors (Lipinski definition) is 1. The minimum absolute atomic E-state index is 0.122. The van der Waals surface area contributed by atoms with Crippen molar-refractivity contribution >= 4 is 17.7 Å². The second kappa shape index (κ2) is 5.91. The highest BCUT2D eigenvalue weighted by Gasteiger charge is 2.02. The van der Waals surface area contributed by atoms with Crippen LogP contribution in [0.2, 0.25) is 0 Å². The Balaban J connectivity index is 2.02. The van der Waals surface area contributed by atoms with Gasteiger partial charge in [0.2, 0.25) is 5.91 Å². The van der Waals surface area contributed by atoms with Gasteiger partial charge in [0.1, 0.15) is 11.6 Å². The Morgan fingerprint density at radius 2 is 1.68 bits per heavy atom. The van der Waals surface area contributed by atoms with Crippen LogP contribution < -0.4 is 5.32 Å². The summed E-state index contributed by atoms with van der Waals surface area (Å²) in [7, 11) is 0. The SMILES string of the molecule is O=C(C=Cc1ccc(F)cc1)Nc1ccccc1F. The van der Waals surface area contributed by atoms with Crippen LogP contribution >= 0.6 is 0 Å². The summed E-state index contributed by atoms with van der Waals surface area (Å²) in [5.74, 6) is -1.28. The molecule has 0 aromatic heterocycles. The van der Waals surface area contributed by atoms with Crippen molar-refractivity contribution in [2.24, 2.45) is 0 Å². The molecule has 2 nitrogen and oxygen atoms in total. The summed E-state index contributed by atoms with van der Waals surface area (Å²) < 4.78 is 25.9. The van der Waals surface area contributed by atoms with E-state index in [1.54, 1.807) is 24.3 Å². The van der Waals surface area contributed by atoms with Crippen molar-refractivity contribution < 1.29 is 13.6 Å². The third-order valence-corrected chi connectivity index (χ3v) is 2.43. The largest absolute Gasteiger partial charge is 0.320 e. The molecule has 0 aliphatic rings. The first-order chi connectivity index (χ1) is 9.15. The van der Waals surface area contributed by atoms with Gasteiger partial charge in [0, 0.05) is 6.08 Å². The molecule has 1 amide bonds. The molecule has 0 saturated heterocycles. The van der Waals surface area contributed by atoms with Crippen molar-refractivity contribution in [2.45, 2.75) is 0 Å². The minimum Gasteiger partial charge on any atom is -0.320 e. The highest BCUT2D eigenvalue weighted by molar-refractivity contribution is 6.01. The molecule has 0 saturated carbocycles. The van der Waals surface area contributed by atoms with Crippen molar-refractivity contribution in [3.63, 3.8) is 0 Å². The molecule has 4 heteroatoms. The number of nitrogens with one attached hydrogen (secondary N) is 1. The van der Waals surface area contributed by atoms with E-state index in [0.29, 0.717) is 5.56 Å². The molecular weight excluding hydrogens is 248 g/mol. The Morgan fingerprint density at radius 1 is 1.00 bits per heavy atom. The number of halogens is 2. The Bertz CT molecular complexity index is 606. The lowest BCUT2D eigenvalue weighted by atomic mass is 10.2. The third-order valence-electron chi connectivity index (χ3n) is 2.43. The molecule has 2 aromatic rings. The molecule has 0 aliphatic carbocycles. The number of benzene rings is 2. The summed E-state index contributed by atoms with van der Waals surface area (Å²) >= 11 is 0. The highest BCUT2D eigenvalue weighted by atomic mass is 19.1. The van der Waals surface area contributed by atoms with Crippen LogP contribution in [0.4, 0.5) is 14.5 Å². The van der Waals surface area contributed by atoms with Crippen LogP contribution in [-0.4, -0.2) is 5.91 Å². The van der Waals surface area contributed by atoms with Gasteiger partial charge in [0.15, 0.2) is 0 Å². The van der Waals surface area contributed by atoms with Crippen LogP contribution in [0.5, 0.6) is 0 Å². The maximum Gasteiger partial charge on any atom is 0.248 e. The van der Waals surface area contributed by atoms with Crippen LogP contribution in [0.3, 0.4) is 0 Å². The number of hydrogen-bond acceptors (Lipinski definition) is 1. The van der Waals surface area contributed by atoms with Gasteiger partial charge in [-0.1, -0.05) is 24.3 Å². The molecule has 96 valence electrons. The van der Waals surface area contributed by atoms with Gasteiger partial charge in [-0.3, -0.25) is 4.79 Å². The molecule has 19 heavy (non-hydrogen) atoms. The molecule has 0 aliphatic heterocycles. The average molecular weight is 259 g/mol. The van der Waals surface area contributed by atoms with E-state index in [-0.39, 0.29) is 11.5 Å². The molecule has 0 bridgehead atoms. The molecule has 2 rings (SSSR count). The zero-order chi connectivity index (χ0) is 13.7. The summed E-state index contributed by atoms with van der Waals surface area (Å²) in [5.41, 5.74) is 0.807. The lowest BCUT2D eigenvalue weighted by molar-refractivity contribution is -0.111. The van der Waals surface area contributed by atoms with Crippen molar-refractivity contribution in [1.29, 1.82) is 0 Å². The van der Waals surface area contributed by atoms with Crippen LogP contribution in [0, 0.1) is 11.6 Å². The van der Waals surface area contributed by atoms with E-state index in [1.807, 2.05) is 0 Å². The third kappa shape index (κ3) is 3.74. The van der Waals surface area contributed by atoms with Gasteiger partial charge in [-0.2, -0.15) is 0 Å². The maximum atomic E-state index is 13.3. The number of amides is 1. The van der Waals surface area contributed by atoms with E-state index in [4.69, 9.17) is 0 Å². The van der Waals surface area contributed by atoms with E-state index in [2.05, 4.69) is 5.32 Å². The summed E-state index contributed by atoms with van der Waals surface area (Å²) in [6, 6.07) is 11.6. The fourth-order valence-corrected chi connectivity index (χ4v) is 1.48. The van der Waals surface area contributed by atoms with Gasteiger partial charge in [-0.15, -0.1) is 0 Å².